The van der Waals surface area contributed by atoms with Crippen molar-refractivity contribution in [2.45, 2.75) is 26.4 Å². The average molecular weight is 375 g/mol. The number of hydrogen-bond donors (Lipinski definition) is 1. The van der Waals surface area contributed by atoms with Crippen LogP contribution in [0, 0.1) is 6.92 Å². The molecule has 1 amide bonds. The fourth-order valence-corrected chi connectivity index (χ4v) is 3.11. The highest BCUT2D eigenvalue weighted by atomic mass is 16.3. The van der Waals surface area contributed by atoms with Gasteiger partial charge in [-0.2, -0.15) is 0 Å². The van der Waals surface area contributed by atoms with Gasteiger partial charge in [0, 0.05) is 23.9 Å². The van der Waals surface area contributed by atoms with Gasteiger partial charge in [0.25, 0.3) is 5.91 Å². The lowest BCUT2D eigenvalue weighted by Gasteiger charge is -2.21. The maximum Gasteiger partial charge on any atom is 0.253 e. The predicted octanol–water partition coefficient (Wildman–Crippen LogP) is 3.82. The van der Waals surface area contributed by atoms with Crippen LogP contribution in [0.5, 0.6) is 0 Å². The number of rotatable bonds is 6. The third-order valence-corrected chi connectivity index (χ3v) is 4.64. The van der Waals surface area contributed by atoms with Crippen LogP contribution in [0.2, 0.25) is 0 Å². The van der Waals surface area contributed by atoms with E-state index in [2.05, 4.69) is 16.9 Å². The third-order valence-electron chi connectivity index (χ3n) is 4.64. The molecule has 1 heterocycles. The van der Waals surface area contributed by atoms with Gasteiger partial charge < -0.3 is 10.0 Å². The smallest absolute Gasteiger partial charge is 0.253 e. The molecule has 0 bridgehead atoms. The van der Waals surface area contributed by atoms with E-state index in [9.17, 15) is 9.90 Å². The molecule has 1 aromatic heterocycles. The summed E-state index contributed by atoms with van der Waals surface area (Å²) in [5.41, 5.74) is 4.02. The molecule has 0 saturated heterocycles. The lowest BCUT2D eigenvalue weighted by molar-refractivity contribution is 0.0681. The summed E-state index contributed by atoms with van der Waals surface area (Å²) in [5.74, 6) is 0.576. The van der Waals surface area contributed by atoms with Crippen molar-refractivity contribution in [3.05, 3.63) is 83.3 Å². The third kappa shape index (κ3) is 4.61. The summed E-state index contributed by atoms with van der Waals surface area (Å²) in [6.07, 6.45) is 0.102. The van der Waals surface area contributed by atoms with Crippen molar-refractivity contribution < 1.29 is 9.90 Å². The number of aromatic nitrogens is 2. The van der Waals surface area contributed by atoms with Crippen LogP contribution >= 0.6 is 0 Å². The Balaban J connectivity index is 1.79. The van der Waals surface area contributed by atoms with Crippen LogP contribution in [0.1, 0.15) is 40.5 Å². The topological polar surface area (TPSA) is 66.3 Å². The Labute approximate surface area is 165 Å². The molecule has 1 unspecified atom stereocenters. The van der Waals surface area contributed by atoms with Crippen molar-refractivity contribution in [2.75, 3.05) is 13.6 Å². The SMILES string of the molecule is CCc1cc(-c2cccc(C(=O)N(C)CC(O)c3ccccc3)c2)nc(C)n1. The van der Waals surface area contributed by atoms with Crippen LogP contribution in [0.25, 0.3) is 11.3 Å². The molecule has 0 fully saturated rings. The normalized spacial score (nSPS) is 11.9. The number of carbonyl (C=O) groups excluding carboxylic acids is 1. The summed E-state index contributed by atoms with van der Waals surface area (Å²) >= 11 is 0. The summed E-state index contributed by atoms with van der Waals surface area (Å²) in [6, 6.07) is 18.7. The molecule has 0 spiro atoms. The molecule has 0 saturated carbocycles. The van der Waals surface area contributed by atoms with Crippen molar-refractivity contribution in [2.24, 2.45) is 0 Å². The molecule has 1 N–H and O–H groups in total. The van der Waals surface area contributed by atoms with Gasteiger partial charge in [-0.25, -0.2) is 9.97 Å². The maximum absolute atomic E-state index is 12.9. The van der Waals surface area contributed by atoms with E-state index in [1.165, 1.54) is 0 Å². The summed E-state index contributed by atoms with van der Waals surface area (Å²) in [4.78, 5) is 23.3. The van der Waals surface area contributed by atoms with Crippen molar-refractivity contribution in [1.82, 2.24) is 14.9 Å². The Hall–Kier alpha value is -3.05. The maximum atomic E-state index is 12.9. The summed E-state index contributed by atoms with van der Waals surface area (Å²) in [6.45, 7) is 4.15. The molecule has 0 aliphatic carbocycles. The Morgan fingerprint density at radius 3 is 2.54 bits per heavy atom. The lowest BCUT2D eigenvalue weighted by Crippen LogP contribution is -2.31. The first-order valence-electron chi connectivity index (χ1n) is 9.41. The standard InChI is InChI=1S/C23H25N3O2/c1-4-20-14-21(25-16(2)24-20)18-11-8-12-19(13-18)23(28)26(3)15-22(27)17-9-6-5-7-10-17/h5-14,22,27H,4,15H2,1-3H3. The predicted molar refractivity (Wildman–Crippen MR) is 110 cm³/mol. The van der Waals surface area contributed by atoms with E-state index in [4.69, 9.17) is 0 Å². The number of hydrogen-bond acceptors (Lipinski definition) is 4. The number of aliphatic hydroxyl groups is 1. The Kier molecular flexibility index (Phi) is 6.16. The van der Waals surface area contributed by atoms with Crippen LogP contribution in [-0.2, 0) is 6.42 Å². The monoisotopic (exact) mass is 375 g/mol. The molecule has 3 rings (SSSR count). The summed E-state index contributed by atoms with van der Waals surface area (Å²) in [7, 11) is 1.70. The second-order valence-corrected chi connectivity index (χ2v) is 6.84. The van der Waals surface area contributed by atoms with Gasteiger partial charge in [-0.1, -0.05) is 49.4 Å². The Morgan fingerprint density at radius 2 is 1.82 bits per heavy atom. The van der Waals surface area contributed by atoms with Gasteiger partial charge >= 0.3 is 0 Å². The van der Waals surface area contributed by atoms with Crippen molar-refractivity contribution in [1.29, 1.82) is 0 Å². The highest BCUT2D eigenvalue weighted by molar-refractivity contribution is 5.95. The average Bonchev–Trinajstić information content (AvgIpc) is 2.73. The van der Waals surface area contributed by atoms with Gasteiger partial charge in [0.1, 0.15) is 5.82 Å². The lowest BCUT2D eigenvalue weighted by atomic mass is 10.1. The van der Waals surface area contributed by atoms with Crippen molar-refractivity contribution >= 4 is 5.91 Å². The van der Waals surface area contributed by atoms with Gasteiger partial charge in [-0.3, -0.25) is 4.79 Å². The second-order valence-electron chi connectivity index (χ2n) is 6.84. The molecule has 144 valence electrons. The first-order chi connectivity index (χ1) is 13.5. The Morgan fingerprint density at radius 1 is 1.07 bits per heavy atom. The fourth-order valence-electron chi connectivity index (χ4n) is 3.11. The van der Waals surface area contributed by atoms with Gasteiger partial charge in [0.2, 0.25) is 0 Å². The molecule has 28 heavy (non-hydrogen) atoms. The van der Waals surface area contributed by atoms with Gasteiger partial charge in [-0.05, 0) is 37.1 Å². The number of likely N-dealkylation sites (N-methyl/N-ethyl adjacent to an activating group) is 1. The number of carbonyl (C=O) groups is 1. The van der Waals surface area contributed by atoms with Crippen LogP contribution in [0.15, 0.2) is 60.7 Å². The van der Waals surface area contributed by atoms with E-state index >= 15 is 0 Å². The summed E-state index contributed by atoms with van der Waals surface area (Å²) < 4.78 is 0. The van der Waals surface area contributed by atoms with E-state index in [0.29, 0.717) is 11.4 Å². The number of aryl methyl sites for hydroxylation is 2. The molecule has 0 aliphatic rings. The number of amides is 1. The van der Waals surface area contributed by atoms with E-state index < -0.39 is 6.10 Å². The second kappa shape index (κ2) is 8.76. The fraction of sp³-hybridized carbons (Fsp3) is 0.261. The van der Waals surface area contributed by atoms with Crippen molar-refractivity contribution in [3.63, 3.8) is 0 Å². The van der Waals surface area contributed by atoms with Gasteiger partial charge in [0.15, 0.2) is 0 Å². The van der Waals surface area contributed by atoms with Gasteiger partial charge in [-0.15, -0.1) is 0 Å². The van der Waals surface area contributed by atoms with Crippen LogP contribution in [0.4, 0.5) is 0 Å². The number of nitrogens with zero attached hydrogens (tertiary/aromatic N) is 3. The molecule has 0 radical (unpaired) electrons. The van der Waals surface area contributed by atoms with Crippen LogP contribution in [-0.4, -0.2) is 39.5 Å². The first kappa shape index (κ1) is 19.7. The Bertz CT molecular complexity index is 957. The van der Waals surface area contributed by atoms with E-state index in [0.717, 1.165) is 28.9 Å². The molecule has 2 aromatic carbocycles. The molecule has 1 atom stereocenters. The largest absolute Gasteiger partial charge is 0.387 e. The van der Waals surface area contributed by atoms with Crippen LogP contribution in [0.3, 0.4) is 0 Å². The molecule has 0 aliphatic heterocycles. The molecular formula is C23H25N3O2. The van der Waals surface area contributed by atoms with Gasteiger partial charge in [0.05, 0.1) is 18.3 Å². The molecule has 5 nitrogen and oxygen atoms in total. The quantitative estimate of drug-likeness (QED) is 0.711. The van der Waals surface area contributed by atoms with Crippen LogP contribution < -0.4 is 0 Å². The first-order valence-corrected chi connectivity index (χ1v) is 9.41. The zero-order valence-electron chi connectivity index (χ0n) is 16.5. The minimum Gasteiger partial charge on any atom is -0.387 e. The molecule has 3 aromatic rings. The summed E-state index contributed by atoms with van der Waals surface area (Å²) in [5, 5.41) is 10.4. The highest BCUT2D eigenvalue weighted by Crippen LogP contribution is 2.21. The number of aliphatic hydroxyl groups excluding tert-OH is 1. The zero-order chi connectivity index (χ0) is 20.1. The molecular weight excluding hydrogens is 350 g/mol. The minimum absolute atomic E-state index is 0.140. The van der Waals surface area contributed by atoms with E-state index in [1.807, 2.05) is 61.5 Å². The molecule has 5 heteroatoms. The zero-order valence-corrected chi connectivity index (χ0v) is 16.5. The van der Waals surface area contributed by atoms with E-state index in [1.54, 1.807) is 18.0 Å². The van der Waals surface area contributed by atoms with E-state index in [-0.39, 0.29) is 12.5 Å². The number of benzene rings is 2. The highest BCUT2D eigenvalue weighted by Gasteiger charge is 2.17. The van der Waals surface area contributed by atoms with Crippen molar-refractivity contribution in [3.8, 4) is 11.3 Å². The minimum atomic E-state index is -0.727.